The molecule has 1 fully saturated rings. The molecule has 0 atom stereocenters. The maximum absolute atomic E-state index is 12.5. The van der Waals surface area contributed by atoms with Gasteiger partial charge in [-0.2, -0.15) is 5.26 Å². The fourth-order valence-electron chi connectivity index (χ4n) is 2.68. The Hall–Kier alpha value is -3.18. The van der Waals surface area contributed by atoms with Crippen molar-refractivity contribution in [1.82, 2.24) is 0 Å². The van der Waals surface area contributed by atoms with E-state index in [4.69, 9.17) is 5.26 Å². The molecule has 1 saturated heterocycles. The SMILES string of the molecule is N#Cc1cccc(NS(=O)(=O)c2ccc(N3C(=O)CCCC3=O)cc2)c1. The maximum atomic E-state index is 12.5. The Labute approximate surface area is 150 Å². The van der Waals surface area contributed by atoms with E-state index >= 15 is 0 Å². The fourth-order valence-corrected chi connectivity index (χ4v) is 3.73. The Balaban J connectivity index is 1.84. The van der Waals surface area contributed by atoms with Crippen LogP contribution in [0, 0.1) is 11.3 Å². The number of carbonyl (C=O) groups is 2. The molecule has 1 aliphatic heterocycles. The Morgan fingerprint density at radius 1 is 1.00 bits per heavy atom. The van der Waals surface area contributed by atoms with E-state index in [1.807, 2.05) is 6.07 Å². The molecule has 26 heavy (non-hydrogen) atoms. The molecule has 1 heterocycles. The number of hydrogen-bond donors (Lipinski definition) is 1. The van der Waals surface area contributed by atoms with Gasteiger partial charge in [0.15, 0.2) is 0 Å². The molecule has 1 N–H and O–H groups in total. The van der Waals surface area contributed by atoms with Crippen molar-refractivity contribution in [3.63, 3.8) is 0 Å². The van der Waals surface area contributed by atoms with Crippen LogP contribution in [-0.4, -0.2) is 20.2 Å². The Morgan fingerprint density at radius 3 is 2.27 bits per heavy atom. The first-order valence-electron chi connectivity index (χ1n) is 7.89. The first-order chi connectivity index (χ1) is 12.4. The van der Waals surface area contributed by atoms with E-state index in [9.17, 15) is 18.0 Å². The highest BCUT2D eigenvalue weighted by molar-refractivity contribution is 7.92. The van der Waals surface area contributed by atoms with Crippen molar-refractivity contribution >= 4 is 33.2 Å². The third-order valence-electron chi connectivity index (χ3n) is 3.93. The molecular formula is C18H15N3O4S. The zero-order valence-corrected chi connectivity index (χ0v) is 14.5. The number of sulfonamides is 1. The fraction of sp³-hybridized carbons (Fsp3) is 0.167. The first-order valence-corrected chi connectivity index (χ1v) is 9.38. The van der Waals surface area contributed by atoms with E-state index in [-0.39, 0.29) is 22.4 Å². The molecule has 8 heteroatoms. The van der Waals surface area contributed by atoms with Gasteiger partial charge in [-0.25, -0.2) is 8.42 Å². The smallest absolute Gasteiger partial charge is 0.261 e. The summed E-state index contributed by atoms with van der Waals surface area (Å²) in [4.78, 5) is 24.9. The minimum atomic E-state index is -3.86. The average molecular weight is 369 g/mol. The molecular weight excluding hydrogens is 354 g/mol. The normalized spacial score (nSPS) is 14.8. The molecule has 0 saturated carbocycles. The number of anilines is 2. The van der Waals surface area contributed by atoms with E-state index in [2.05, 4.69) is 4.72 Å². The number of nitrogens with zero attached hydrogens (tertiary/aromatic N) is 2. The Bertz CT molecular complexity index is 991. The van der Waals surface area contributed by atoms with E-state index in [0.29, 0.717) is 30.5 Å². The molecule has 2 amide bonds. The van der Waals surface area contributed by atoms with Crippen LogP contribution in [0.2, 0.25) is 0 Å². The van der Waals surface area contributed by atoms with Gasteiger partial charge in [-0.1, -0.05) is 6.07 Å². The third kappa shape index (κ3) is 3.58. The van der Waals surface area contributed by atoms with Crippen LogP contribution in [-0.2, 0) is 19.6 Å². The molecule has 0 radical (unpaired) electrons. The molecule has 0 aliphatic carbocycles. The van der Waals surface area contributed by atoms with Crippen LogP contribution in [0.25, 0.3) is 0 Å². The summed E-state index contributed by atoms with van der Waals surface area (Å²) in [5.41, 5.74) is 0.960. The summed E-state index contributed by atoms with van der Waals surface area (Å²) in [6.07, 6.45) is 1.12. The zero-order valence-electron chi connectivity index (χ0n) is 13.7. The third-order valence-corrected chi connectivity index (χ3v) is 5.33. The summed E-state index contributed by atoms with van der Waals surface area (Å²) in [5.74, 6) is -0.577. The van der Waals surface area contributed by atoms with Crippen LogP contribution < -0.4 is 9.62 Å². The topological polar surface area (TPSA) is 107 Å². The number of nitrogens with one attached hydrogen (secondary N) is 1. The number of nitriles is 1. The van der Waals surface area contributed by atoms with Gasteiger partial charge < -0.3 is 0 Å². The zero-order chi connectivity index (χ0) is 18.7. The molecule has 3 rings (SSSR count). The lowest BCUT2D eigenvalue weighted by Crippen LogP contribution is -2.40. The van der Waals surface area contributed by atoms with Gasteiger partial charge in [-0.3, -0.25) is 19.2 Å². The lowest BCUT2D eigenvalue weighted by molar-refractivity contribution is -0.129. The maximum Gasteiger partial charge on any atom is 0.261 e. The van der Waals surface area contributed by atoms with Crippen molar-refractivity contribution < 1.29 is 18.0 Å². The van der Waals surface area contributed by atoms with Crippen molar-refractivity contribution in [2.45, 2.75) is 24.2 Å². The summed E-state index contributed by atoms with van der Waals surface area (Å²) in [6.45, 7) is 0. The van der Waals surface area contributed by atoms with Gasteiger partial charge in [0.25, 0.3) is 10.0 Å². The van der Waals surface area contributed by atoms with Crippen LogP contribution in [0.3, 0.4) is 0 Å². The molecule has 0 aromatic heterocycles. The van der Waals surface area contributed by atoms with E-state index in [0.717, 1.165) is 4.90 Å². The molecule has 132 valence electrons. The highest BCUT2D eigenvalue weighted by Gasteiger charge is 2.27. The predicted octanol–water partition coefficient (Wildman–Crippen LogP) is 2.40. The van der Waals surface area contributed by atoms with Gasteiger partial charge >= 0.3 is 0 Å². The quantitative estimate of drug-likeness (QED) is 0.833. The predicted molar refractivity (Wildman–Crippen MR) is 94.8 cm³/mol. The second-order valence-electron chi connectivity index (χ2n) is 5.77. The lowest BCUT2D eigenvalue weighted by atomic mass is 10.1. The van der Waals surface area contributed by atoms with Gasteiger partial charge in [0.2, 0.25) is 11.8 Å². The van der Waals surface area contributed by atoms with Gasteiger partial charge in [0, 0.05) is 12.8 Å². The standard InChI is InChI=1S/C18H15N3O4S/c19-12-13-3-1-4-14(11-13)20-26(24,25)16-9-7-15(8-10-16)21-17(22)5-2-6-18(21)23/h1,3-4,7-11,20H,2,5-6H2. The van der Waals surface area contributed by atoms with Gasteiger partial charge in [0.1, 0.15) is 0 Å². The highest BCUT2D eigenvalue weighted by Crippen LogP contribution is 2.24. The Morgan fingerprint density at radius 2 is 1.65 bits per heavy atom. The van der Waals surface area contributed by atoms with Crippen LogP contribution in [0.1, 0.15) is 24.8 Å². The van der Waals surface area contributed by atoms with Gasteiger partial charge in [-0.15, -0.1) is 0 Å². The van der Waals surface area contributed by atoms with Crippen molar-refractivity contribution in [3.05, 3.63) is 54.1 Å². The van der Waals surface area contributed by atoms with E-state index in [1.54, 1.807) is 12.1 Å². The lowest BCUT2D eigenvalue weighted by Gasteiger charge is -2.24. The largest absolute Gasteiger partial charge is 0.280 e. The van der Waals surface area contributed by atoms with Crippen molar-refractivity contribution in [2.24, 2.45) is 0 Å². The molecule has 0 bridgehead atoms. The Kier molecular flexibility index (Phi) is 4.73. The van der Waals surface area contributed by atoms with E-state index in [1.165, 1.54) is 36.4 Å². The number of piperidine rings is 1. The van der Waals surface area contributed by atoms with Crippen LogP contribution in [0.4, 0.5) is 11.4 Å². The monoisotopic (exact) mass is 369 g/mol. The highest BCUT2D eigenvalue weighted by atomic mass is 32.2. The molecule has 1 aliphatic rings. The average Bonchev–Trinajstić information content (AvgIpc) is 2.62. The van der Waals surface area contributed by atoms with Crippen molar-refractivity contribution in [3.8, 4) is 6.07 Å². The molecule has 0 unspecified atom stereocenters. The summed E-state index contributed by atoms with van der Waals surface area (Å²) < 4.78 is 27.4. The number of rotatable bonds is 4. The summed E-state index contributed by atoms with van der Waals surface area (Å²) >= 11 is 0. The minimum absolute atomic E-state index is 0.0134. The second kappa shape index (κ2) is 6.98. The van der Waals surface area contributed by atoms with Crippen molar-refractivity contribution in [2.75, 3.05) is 9.62 Å². The van der Waals surface area contributed by atoms with Crippen LogP contribution in [0.15, 0.2) is 53.4 Å². The number of hydrogen-bond acceptors (Lipinski definition) is 5. The molecule has 2 aromatic carbocycles. The number of benzene rings is 2. The number of amides is 2. The van der Waals surface area contributed by atoms with Gasteiger partial charge in [-0.05, 0) is 48.9 Å². The van der Waals surface area contributed by atoms with E-state index < -0.39 is 10.0 Å². The van der Waals surface area contributed by atoms with Gasteiger partial charge in [0.05, 0.1) is 27.9 Å². The molecule has 0 spiro atoms. The molecule has 2 aromatic rings. The molecule has 7 nitrogen and oxygen atoms in total. The summed E-state index contributed by atoms with van der Waals surface area (Å²) in [7, 11) is -3.86. The first kappa shape index (κ1) is 17.6. The number of carbonyl (C=O) groups excluding carboxylic acids is 2. The van der Waals surface area contributed by atoms with Crippen LogP contribution in [0.5, 0.6) is 0 Å². The number of imide groups is 1. The summed E-state index contributed by atoms with van der Waals surface area (Å²) in [5, 5.41) is 8.89. The summed E-state index contributed by atoms with van der Waals surface area (Å²) in [6, 6.07) is 13.6. The second-order valence-corrected chi connectivity index (χ2v) is 7.45. The van der Waals surface area contributed by atoms with Crippen molar-refractivity contribution in [1.29, 1.82) is 5.26 Å². The van der Waals surface area contributed by atoms with Crippen LogP contribution >= 0.6 is 0 Å². The minimum Gasteiger partial charge on any atom is -0.280 e.